The molecule has 1 nitrogen and oxygen atoms in total. The zero-order chi connectivity index (χ0) is 7.35. The summed E-state index contributed by atoms with van der Waals surface area (Å²) in [5.41, 5.74) is 0.183. The van der Waals surface area contributed by atoms with E-state index in [1.165, 1.54) is 12.8 Å². The van der Waals surface area contributed by atoms with Crippen LogP contribution in [0.1, 0.15) is 33.6 Å². The maximum Gasteiger partial charge on any atom is 0.0661 e. The van der Waals surface area contributed by atoms with Crippen LogP contribution >= 0.6 is 0 Å². The van der Waals surface area contributed by atoms with Crippen molar-refractivity contribution in [3.63, 3.8) is 0 Å². The van der Waals surface area contributed by atoms with Gasteiger partial charge in [-0.25, -0.2) is 0 Å². The van der Waals surface area contributed by atoms with E-state index in [-0.39, 0.29) is 5.60 Å². The summed E-state index contributed by atoms with van der Waals surface area (Å²) in [5.74, 6) is 1.65. The summed E-state index contributed by atoms with van der Waals surface area (Å²) in [6.45, 7) is 6.79. The Balaban J connectivity index is 2.24. The highest BCUT2D eigenvalue weighted by molar-refractivity contribution is 4.99. The first-order chi connectivity index (χ1) is 4.61. The SMILES string of the molecule is CC1C2CCC1C(C)(C)O2. The average molecular weight is 140 g/mol. The van der Waals surface area contributed by atoms with Gasteiger partial charge in [-0.15, -0.1) is 0 Å². The van der Waals surface area contributed by atoms with Crippen molar-refractivity contribution in [3.05, 3.63) is 0 Å². The van der Waals surface area contributed by atoms with Gasteiger partial charge in [0.1, 0.15) is 0 Å². The maximum absolute atomic E-state index is 5.86. The summed E-state index contributed by atoms with van der Waals surface area (Å²) in [6, 6.07) is 0. The molecule has 1 aliphatic carbocycles. The van der Waals surface area contributed by atoms with Gasteiger partial charge in [-0.05, 0) is 38.5 Å². The van der Waals surface area contributed by atoms with Crippen LogP contribution < -0.4 is 0 Å². The van der Waals surface area contributed by atoms with Crippen molar-refractivity contribution in [3.8, 4) is 0 Å². The molecule has 1 saturated heterocycles. The minimum absolute atomic E-state index is 0.183. The number of hydrogen-bond donors (Lipinski definition) is 0. The van der Waals surface area contributed by atoms with E-state index in [2.05, 4.69) is 20.8 Å². The van der Waals surface area contributed by atoms with Crippen LogP contribution in [-0.4, -0.2) is 11.7 Å². The van der Waals surface area contributed by atoms with E-state index in [4.69, 9.17) is 4.74 Å². The van der Waals surface area contributed by atoms with Gasteiger partial charge in [-0.3, -0.25) is 0 Å². The van der Waals surface area contributed by atoms with Crippen molar-refractivity contribution < 1.29 is 4.74 Å². The van der Waals surface area contributed by atoms with Crippen LogP contribution in [-0.2, 0) is 4.74 Å². The highest BCUT2D eigenvalue weighted by atomic mass is 16.5. The molecular weight excluding hydrogens is 124 g/mol. The summed E-state index contributed by atoms with van der Waals surface area (Å²) >= 11 is 0. The summed E-state index contributed by atoms with van der Waals surface area (Å²) in [6.07, 6.45) is 3.27. The Bertz CT molecular complexity index is 151. The van der Waals surface area contributed by atoms with Crippen molar-refractivity contribution in [1.29, 1.82) is 0 Å². The van der Waals surface area contributed by atoms with Crippen LogP contribution in [0.2, 0.25) is 0 Å². The number of hydrogen-bond acceptors (Lipinski definition) is 1. The second-order valence-corrected chi connectivity index (χ2v) is 4.30. The molecule has 0 aromatic carbocycles. The van der Waals surface area contributed by atoms with Crippen LogP contribution in [0.25, 0.3) is 0 Å². The van der Waals surface area contributed by atoms with Crippen LogP contribution in [0.5, 0.6) is 0 Å². The topological polar surface area (TPSA) is 9.23 Å². The zero-order valence-corrected chi connectivity index (χ0v) is 7.05. The number of ether oxygens (including phenoxy) is 1. The lowest BCUT2D eigenvalue weighted by Gasteiger charge is -2.29. The minimum Gasteiger partial charge on any atom is -0.372 e. The van der Waals surface area contributed by atoms with E-state index in [0.29, 0.717) is 6.10 Å². The van der Waals surface area contributed by atoms with E-state index in [9.17, 15) is 0 Å². The average Bonchev–Trinajstić information content (AvgIpc) is 2.21. The molecule has 1 saturated carbocycles. The molecule has 0 amide bonds. The number of fused-ring (bicyclic) bond motifs is 2. The van der Waals surface area contributed by atoms with E-state index in [1.807, 2.05) is 0 Å². The Morgan fingerprint density at radius 3 is 2.20 bits per heavy atom. The van der Waals surface area contributed by atoms with Crippen molar-refractivity contribution in [2.45, 2.75) is 45.3 Å². The molecule has 2 bridgehead atoms. The lowest BCUT2D eigenvalue weighted by molar-refractivity contribution is -0.0607. The first-order valence-corrected chi connectivity index (χ1v) is 4.29. The van der Waals surface area contributed by atoms with Gasteiger partial charge < -0.3 is 4.74 Å². The predicted molar refractivity (Wildman–Crippen MR) is 40.8 cm³/mol. The highest BCUT2D eigenvalue weighted by Crippen LogP contribution is 2.50. The Hall–Kier alpha value is -0.0400. The third-order valence-corrected chi connectivity index (χ3v) is 3.33. The van der Waals surface area contributed by atoms with E-state index in [1.54, 1.807) is 0 Å². The smallest absolute Gasteiger partial charge is 0.0661 e. The molecule has 3 unspecified atom stereocenters. The Labute approximate surface area is 62.8 Å². The molecule has 0 aromatic rings. The van der Waals surface area contributed by atoms with Gasteiger partial charge in [-0.1, -0.05) is 6.92 Å². The fraction of sp³-hybridized carbons (Fsp3) is 1.00. The van der Waals surface area contributed by atoms with Crippen LogP contribution in [0.4, 0.5) is 0 Å². The Kier molecular flexibility index (Phi) is 1.17. The molecule has 1 heteroatoms. The van der Waals surface area contributed by atoms with Gasteiger partial charge in [0.2, 0.25) is 0 Å². The summed E-state index contributed by atoms with van der Waals surface area (Å²) < 4.78 is 5.86. The van der Waals surface area contributed by atoms with Gasteiger partial charge in [0.15, 0.2) is 0 Å². The first kappa shape index (κ1) is 6.66. The molecule has 1 aliphatic heterocycles. The third-order valence-electron chi connectivity index (χ3n) is 3.33. The molecule has 0 spiro atoms. The highest BCUT2D eigenvalue weighted by Gasteiger charge is 2.51. The van der Waals surface area contributed by atoms with Crippen LogP contribution in [0.15, 0.2) is 0 Å². The van der Waals surface area contributed by atoms with E-state index < -0.39 is 0 Å². The molecule has 2 aliphatic rings. The molecule has 0 N–H and O–H groups in total. The minimum atomic E-state index is 0.183. The second kappa shape index (κ2) is 1.76. The molecular formula is C9H16O. The standard InChI is InChI=1S/C9H16O/c1-6-7-4-5-8(6)10-9(7,2)3/h6-8H,4-5H2,1-3H3. The molecule has 0 radical (unpaired) electrons. The van der Waals surface area contributed by atoms with Crippen molar-refractivity contribution in [1.82, 2.24) is 0 Å². The Morgan fingerprint density at radius 2 is 2.00 bits per heavy atom. The van der Waals surface area contributed by atoms with Crippen molar-refractivity contribution in [2.75, 3.05) is 0 Å². The molecule has 58 valence electrons. The van der Waals surface area contributed by atoms with Gasteiger partial charge >= 0.3 is 0 Å². The molecule has 3 atom stereocenters. The van der Waals surface area contributed by atoms with Crippen LogP contribution in [0.3, 0.4) is 0 Å². The third kappa shape index (κ3) is 0.672. The predicted octanol–water partition coefficient (Wildman–Crippen LogP) is 2.21. The summed E-state index contributed by atoms with van der Waals surface area (Å²) in [7, 11) is 0. The van der Waals surface area contributed by atoms with Gasteiger partial charge in [0.05, 0.1) is 11.7 Å². The molecule has 2 rings (SSSR count). The lowest BCUT2D eigenvalue weighted by Crippen LogP contribution is -2.31. The van der Waals surface area contributed by atoms with Gasteiger partial charge in [0.25, 0.3) is 0 Å². The molecule has 10 heavy (non-hydrogen) atoms. The van der Waals surface area contributed by atoms with Gasteiger partial charge in [0, 0.05) is 0 Å². The van der Waals surface area contributed by atoms with Crippen molar-refractivity contribution in [2.24, 2.45) is 11.8 Å². The summed E-state index contributed by atoms with van der Waals surface area (Å²) in [5, 5.41) is 0. The second-order valence-electron chi connectivity index (χ2n) is 4.30. The normalized spacial score (nSPS) is 50.1. The van der Waals surface area contributed by atoms with Gasteiger partial charge in [-0.2, -0.15) is 0 Å². The number of rotatable bonds is 0. The largest absolute Gasteiger partial charge is 0.372 e. The fourth-order valence-electron chi connectivity index (χ4n) is 2.75. The van der Waals surface area contributed by atoms with Crippen molar-refractivity contribution >= 4 is 0 Å². The first-order valence-electron chi connectivity index (χ1n) is 4.29. The molecule has 1 heterocycles. The van der Waals surface area contributed by atoms with E-state index >= 15 is 0 Å². The Morgan fingerprint density at radius 1 is 1.30 bits per heavy atom. The maximum atomic E-state index is 5.86. The monoisotopic (exact) mass is 140 g/mol. The lowest BCUT2D eigenvalue weighted by atomic mass is 9.86. The summed E-state index contributed by atoms with van der Waals surface area (Å²) in [4.78, 5) is 0. The molecule has 2 fully saturated rings. The molecule has 0 aromatic heterocycles. The quantitative estimate of drug-likeness (QED) is 0.501. The van der Waals surface area contributed by atoms with E-state index in [0.717, 1.165) is 11.8 Å². The zero-order valence-electron chi connectivity index (χ0n) is 7.05. The fourth-order valence-corrected chi connectivity index (χ4v) is 2.75. The van der Waals surface area contributed by atoms with Crippen LogP contribution in [0, 0.1) is 11.8 Å².